The number of methoxy groups -OCH3 is 2. The molecule has 2 aromatic rings. The van der Waals surface area contributed by atoms with Crippen LogP contribution in [-0.4, -0.2) is 44.1 Å². The van der Waals surface area contributed by atoms with Gasteiger partial charge in [-0.15, -0.1) is 0 Å². The van der Waals surface area contributed by atoms with Gasteiger partial charge in [0.05, 0.1) is 14.2 Å². The summed E-state index contributed by atoms with van der Waals surface area (Å²) in [4.78, 5) is 27.1. The molecule has 0 bridgehead atoms. The smallest absolute Gasteiger partial charge is 0.331 e. The molecule has 1 amide bonds. The third-order valence-corrected chi connectivity index (χ3v) is 4.80. The standard InChI is InChI=1S/C23H25NO5/c1-27-19-12-10-17(16-20(19)28-2)11-13-21(25)29-22(18-8-4-3-5-9-18)23(26)24-14-6-7-15-24/h3-5,8-13,16,22H,6-7,14-15H2,1-2H3/b13-11+. The Hall–Kier alpha value is -3.28. The summed E-state index contributed by atoms with van der Waals surface area (Å²) in [6, 6.07) is 14.4. The summed E-state index contributed by atoms with van der Waals surface area (Å²) in [5.41, 5.74) is 1.42. The SMILES string of the molecule is COc1ccc(/C=C/C(=O)OC(C(=O)N2CCCC2)c2ccccc2)cc1OC. The van der Waals surface area contributed by atoms with Gasteiger partial charge in [0.25, 0.3) is 5.91 Å². The third kappa shape index (κ3) is 5.16. The Morgan fingerprint density at radius 2 is 1.66 bits per heavy atom. The average Bonchev–Trinajstić information content (AvgIpc) is 3.31. The van der Waals surface area contributed by atoms with E-state index in [2.05, 4.69) is 0 Å². The second-order valence-electron chi connectivity index (χ2n) is 6.71. The van der Waals surface area contributed by atoms with Crippen molar-refractivity contribution >= 4 is 18.0 Å². The topological polar surface area (TPSA) is 65.1 Å². The largest absolute Gasteiger partial charge is 0.493 e. The highest BCUT2D eigenvalue weighted by atomic mass is 16.5. The predicted molar refractivity (Wildman–Crippen MR) is 110 cm³/mol. The Kier molecular flexibility index (Phi) is 6.89. The number of esters is 1. The minimum Gasteiger partial charge on any atom is -0.493 e. The van der Waals surface area contributed by atoms with Gasteiger partial charge < -0.3 is 19.1 Å². The average molecular weight is 395 g/mol. The number of rotatable bonds is 7. The molecule has 2 aromatic carbocycles. The first-order chi connectivity index (χ1) is 14.1. The zero-order valence-electron chi connectivity index (χ0n) is 16.7. The quantitative estimate of drug-likeness (QED) is 0.529. The first-order valence-corrected chi connectivity index (χ1v) is 9.57. The van der Waals surface area contributed by atoms with Gasteiger partial charge in [0.15, 0.2) is 11.5 Å². The lowest BCUT2D eigenvalue weighted by Crippen LogP contribution is -2.34. The summed E-state index contributed by atoms with van der Waals surface area (Å²) in [5, 5.41) is 0. The van der Waals surface area contributed by atoms with Crippen LogP contribution in [0.1, 0.15) is 30.1 Å². The van der Waals surface area contributed by atoms with Crippen molar-refractivity contribution in [3.8, 4) is 11.5 Å². The van der Waals surface area contributed by atoms with Gasteiger partial charge in [-0.3, -0.25) is 4.79 Å². The molecule has 1 aliphatic rings. The van der Waals surface area contributed by atoms with Crippen molar-refractivity contribution < 1.29 is 23.8 Å². The van der Waals surface area contributed by atoms with E-state index in [-0.39, 0.29) is 5.91 Å². The molecule has 1 saturated heterocycles. The molecule has 0 saturated carbocycles. The first kappa shape index (κ1) is 20.5. The van der Waals surface area contributed by atoms with Crippen molar-refractivity contribution in [3.05, 3.63) is 65.7 Å². The van der Waals surface area contributed by atoms with Crippen molar-refractivity contribution in [2.45, 2.75) is 18.9 Å². The molecule has 6 heteroatoms. The Morgan fingerprint density at radius 3 is 2.31 bits per heavy atom. The summed E-state index contributed by atoms with van der Waals surface area (Å²) in [6.45, 7) is 1.39. The maximum atomic E-state index is 12.9. The number of carbonyl (C=O) groups is 2. The normalized spacial score (nSPS) is 14.6. The molecule has 0 aliphatic carbocycles. The van der Waals surface area contributed by atoms with E-state index >= 15 is 0 Å². The number of nitrogens with zero attached hydrogens (tertiary/aromatic N) is 1. The van der Waals surface area contributed by atoms with Gasteiger partial charge in [-0.1, -0.05) is 36.4 Å². The summed E-state index contributed by atoms with van der Waals surface area (Å²) in [6.07, 6.45) is 3.93. The van der Waals surface area contributed by atoms with Crippen LogP contribution >= 0.6 is 0 Å². The molecule has 1 heterocycles. The van der Waals surface area contributed by atoms with E-state index in [1.165, 1.54) is 6.08 Å². The molecule has 3 rings (SSSR count). The lowest BCUT2D eigenvalue weighted by atomic mass is 10.1. The summed E-state index contributed by atoms with van der Waals surface area (Å²) in [7, 11) is 3.11. The molecule has 1 unspecified atom stereocenters. The highest BCUT2D eigenvalue weighted by Crippen LogP contribution is 2.28. The Bertz CT molecular complexity index is 872. The van der Waals surface area contributed by atoms with E-state index in [1.807, 2.05) is 18.2 Å². The van der Waals surface area contributed by atoms with E-state index in [9.17, 15) is 9.59 Å². The van der Waals surface area contributed by atoms with Gasteiger partial charge in [-0.2, -0.15) is 0 Å². The predicted octanol–water partition coefficient (Wildman–Crippen LogP) is 3.62. The van der Waals surface area contributed by atoms with Crippen LogP contribution in [0.4, 0.5) is 0 Å². The number of likely N-dealkylation sites (tertiary alicyclic amines) is 1. The lowest BCUT2D eigenvalue weighted by molar-refractivity contribution is -0.156. The second kappa shape index (κ2) is 9.78. The molecule has 6 nitrogen and oxygen atoms in total. The van der Waals surface area contributed by atoms with Gasteiger partial charge in [0.2, 0.25) is 6.10 Å². The molecule has 0 spiro atoms. The van der Waals surface area contributed by atoms with Crippen LogP contribution in [0.15, 0.2) is 54.6 Å². The molecule has 1 atom stereocenters. The fourth-order valence-electron chi connectivity index (χ4n) is 3.27. The third-order valence-electron chi connectivity index (χ3n) is 4.80. The van der Waals surface area contributed by atoms with E-state index in [4.69, 9.17) is 14.2 Å². The van der Waals surface area contributed by atoms with Crippen LogP contribution in [0.5, 0.6) is 11.5 Å². The maximum Gasteiger partial charge on any atom is 0.331 e. The van der Waals surface area contributed by atoms with Crippen LogP contribution in [0.2, 0.25) is 0 Å². The number of hydrogen-bond donors (Lipinski definition) is 0. The highest BCUT2D eigenvalue weighted by Gasteiger charge is 2.30. The van der Waals surface area contributed by atoms with Crippen LogP contribution in [-0.2, 0) is 14.3 Å². The van der Waals surface area contributed by atoms with Crippen molar-refractivity contribution in [2.24, 2.45) is 0 Å². The van der Waals surface area contributed by atoms with Gasteiger partial charge in [0, 0.05) is 24.7 Å². The van der Waals surface area contributed by atoms with E-state index < -0.39 is 12.1 Å². The van der Waals surface area contributed by atoms with Crippen LogP contribution < -0.4 is 9.47 Å². The Labute approximate surface area is 170 Å². The first-order valence-electron chi connectivity index (χ1n) is 9.57. The fourth-order valence-corrected chi connectivity index (χ4v) is 3.27. The molecule has 0 aromatic heterocycles. The summed E-state index contributed by atoms with van der Waals surface area (Å²) in [5.74, 6) is 0.407. The van der Waals surface area contributed by atoms with Crippen molar-refractivity contribution in [2.75, 3.05) is 27.3 Å². The van der Waals surface area contributed by atoms with Crippen LogP contribution in [0.3, 0.4) is 0 Å². The number of ether oxygens (including phenoxy) is 3. The molecule has 29 heavy (non-hydrogen) atoms. The Morgan fingerprint density at radius 1 is 0.966 bits per heavy atom. The summed E-state index contributed by atoms with van der Waals surface area (Å²) < 4.78 is 16.0. The molecule has 1 aliphatic heterocycles. The van der Waals surface area contributed by atoms with Gasteiger partial charge in [0.1, 0.15) is 0 Å². The maximum absolute atomic E-state index is 12.9. The lowest BCUT2D eigenvalue weighted by Gasteiger charge is -2.23. The fraction of sp³-hybridized carbons (Fsp3) is 0.304. The number of amides is 1. The van der Waals surface area contributed by atoms with E-state index in [0.717, 1.165) is 18.4 Å². The monoisotopic (exact) mass is 395 g/mol. The van der Waals surface area contributed by atoms with Crippen LogP contribution in [0.25, 0.3) is 6.08 Å². The van der Waals surface area contributed by atoms with E-state index in [1.54, 1.807) is 55.5 Å². The number of benzene rings is 2. The molecule has 0 radical (unpaired) electrons. The number of carbonyl (C=O) groups excluding carboxylic acids is 2. The van der Waals surface area contributed by atoms with Crippen molar-refractivity contribution in [1.82, 2.24) is 4.90 Å². The van der Waals surface area contributed by atoms with E-state index in [0.29, 0.717) is 30.2 Å². The highest BCUT2D eigenvalue weighted by molar-refractivity contribution is 5.91. The molecule has 1 fully saturated rings. The number of hydrogen-bond acceptors (Lipinski definition) is 5. The van der Waals surface area contributed by atoms with Crippen LogP contribution in [0, 0.1) is 0 Å². The Balaban J connectivity index is 1.74. The van der Waals surface area contributed by atoms with Gasteiger partial charge in [-0.05, 0) is 36.6 Å². The minimum atomic E-state index is -0.947. The van der Waals surface area contributed by atoms with Gasteiger partial charge in [-0.25, -0.2) is 4.79 Å². The van der Waals surface area contributed by atoms with Crippen molar-refractivity contribution in [3.63, 3.8) is 0 Å². The second-order valence-corrected chi connectivity index (χ2v) is 6.71. The van der Waals surface area contributed by atoms with Crippen molar-refractivity contribution in [1.29, 1.82) is 0 Å². The molecular formula is C23H25NO5. The van der Waals surface area contributed by atoms with Gasteiger partial charge >= 0.3 is 5.97 Å². The minimum absolute atomic E-state index is 0.179. The molecule has 0 N–H and O–H groups in total. The summed E-state index contributed by atoms with van der Waals surface area (Å²) >= 11 is 0. The molecule has 152 valence electrons. The molecular weight excluding hydrogens is 370 g/mol. The zero-order valence-corrected chi connectivity index (χ0v) is 16.7. The zero-order chi connectivity index (χ0) is 20.6.